The molecule has 0 radical (unpaired) electrons. The van der Waals surface area contributed by atoms with Gasteiger partial charge in [0.2, 0.25) is 0 Å². The Labute approximate surface area is 132 Å². The third kappa shape index (κ3) is 3.89. The molecule has 1 unspecified atom stereocenters. The SMILES string of the molecule is CCNC(Cc1ccc(C)c(C)c1)c1snnc1C(C)C. The van der Waals surface area contributed by atoms with E-state index in [1.54, 1.807) is 0 Å². The first kappa shape index (κ1) is 16.1. The largest absolute Gasteiger partial charge is 0.309 e. The molecular weight excluding hydrogens is 278 g/mol. The monoisotopic (exact) mass is 303 g/mol. The van der Waals surface area contributed by atoms with Crippen LogP contribution in [0.3, 0.4) is 0 Å². The Morgan fingerprint density at radius 2 is 1.95 bits per heavy atom. The summed E-state index contributed by atoms with van der Waals surface area (Å²) in [5.74, 6) is 0.416. The van der Waals surface area contributed by atoms with E-state index in [0.717, 1.165) is 18.7 Å². The minimum Gasteiger partial charge on any atom is -0.309 e. The van der Waals surface area contributed by atoms with Gasteiger partial charge in [0.05, 0.1) is 10.6 Å². The lowest BCUT2D eigenvalue weighted by atomic mass is 9.97. The standard InChI is InChI=1S/C17H25N3S/c1-6-18-15(17-16(11(2)3)19-20-21-17)10-14-8-7-12(4)13(5)9-14/h7-9,11,15,18H,6,10H2,1-5H3. The summed E-state index contributed by atoms with van der Waals surface area (Å²) in [4.78, 5) is 1.28. The van der Waals surface area contributed by atoms with Crippen molar-refractivity contribution in [2.24, 2.45) is 0 Å². The van der Waals surface area contributed by atoms with Crippen molar-refractivity contribution in [1.82, 2.24) is 14.9 Å². The van der Waals surface area contributed by atoms with E-state index in [0.29, 0.717) is 12.0 Å². The summed E-state index contributed by atoms with van der Waals surface area (Å²) < 4.78 is 4.17. The Morgan fingerprint density at radius 1 is 1.19 bits per heavy atom. The van der Waals surface area contributed by atoms with E-state index in [-0.39, 0.29) is 0 Å². The van der Waals surface area contributed by atoms with Gasteiger partial charge in [-0.3, -0.25) is 0 Å². The van der Waals surface area contributed by atoms with Crippen LogP contribution in [0.25, 0.3) is 0 Å². The van der Waals surface area contributed by atoms with Gasteiger partial charge in [-0.15, -0.1) is 5.10 Å². The first-order valence-corrected chi connectivity index (χ1v) is 8.41. The quantitative estimate of drug-likeness (QED) is 0.870. The highest BCUT2D eigenvalue weighted by atomic mass is 32.1. The molecule has 0 amide bonds. The number of nitrogens with one attached hydrogen (secondary N) is 1. The fraction of sp³-hybridized carbons (Fsp3) is 0.529. The number of rotatable bonds is 6. The lowest BCUT2D eigenvalue weighted by molar-refractivity contribution is 0.549. The molecule has 0 aliphatic carbocycles. The molecule has 0 bridgehead atoms. The fourth-order valence-corrected chi connectivity index (χ4v) is 3.40. The van der Waals surface area contributed by atoms with E-state index in [1.165, 1.54) is 33.1 Å². The third-order valence-electron chi connectivity index (χ3n) is 3.87. The average molecular weight is 303 g/mol. The minimum absolute atomic E-state index is 0.300. The van der Waals surface area contributed by atoms with Crippen molar-refractivity contribution < 1.29 is 0 Å². The van der Waals surface area contributed by atoms with Crippen LogP contribution >= 0.6 is 11.5 Å². The van der Waals surface area contributed by atoms with Gasteiger partial charge in [-0.25, -0.2) is 0 Å². The van der Waals surface area contributed by atoms with Crippen molar-refractivity contribution in [1.29, 1.82) is 0 Å². The van der Waals surface area contributed by atoms with Crippen LogP contribution in [0.4, 0.5) is 0 Å². The molecule has 2 aromatic rings. The Bertz CT molecular complexity index is 589. The summed E-state index contributed by atoms with van der Waals surface area (Å²) in [6, 6.07) is 7.04. The van der Waals surface area contributed by atoms with Crippen molar-refractivity contribution in [2.75, 3.05) is 6.54 Å². The van der Waals surface area contributed by atoms with E-state index in [1.807, 2.05) is 0 Å². The van der Waals surface area contributed by atoms with Gasteiger partial charge in [0.25, 0.3) is 0 Å². The van der Waals surface area contributed by atoms with Gasteiger partial charge in [-0.05, 0) is 61.0 Å². The predicted octanol–water partition coefficient (Wildman–Crippen LogP) is 4.17. The van der Waals surface area contributed by atoms with Crippen LogP contribution in [0.2, 0.25) is 0 Å². The first-order chi connectivity index (χ1) is 10.0. The Hall–Kier alpha value is -1.26. The zero-order valence-corrected chi connectivity index (χ0v) is 14.4. The highest BCUT2D eigenvalue weighted by molar-refractivity contribution is 7.05. The summed E-state index contributed by atoms with van der Waals surface area (Å²) in [6.45, 7) is 11.8. The molecule has 1 atom stereocenters. The molecule has 1 N–H and O–H groups in total. The number of hydrogen-bond donors (Lipinski definition) is 1. The summed E-state index contributed by atoms with van der Waals surface area (Å²) in [6.07, 6.45) is 0.985. The number of aromatic nitrogens is 2. The van der Waals surface area contributed by atoms with E-state index in [9.17, 15) is 0 Å². The smallest absolute Gasteiger partial charge is 0.0829 e. The number of likely N-dealkylation sites (N-methyl/N-ethyl adjacent to an activating group) is 1. The van der Waals surface area contributed by atoms with Crippen LogP contribution in [-0.4, -0.2) is 16.1 Å². The van der Waals surface area contributed by atoms with Gasteiger partial charge < -0.3 is 5.32 Å². The summed E-state index contributed by atoms with van der Waals surface area (Å²) in [7, 11) is 0. The lowest BCUT2D eigenvalue weighted by Crippen LogP contribution is -2.23. The molecule has 21 heavy (non-hydrogen) atoms. The van der Waals surface area contributed by atoms with Crippen molar-refractivity contribution in [3.8, 4) is 0 Å². The van der Waals surface area contributed by atoms with Crippen LogP contribution in [0.15, 0.2) is 18.2 Å². The maximum absolute atomic E-state index is 4.32. The molecule has 0 aliphatic heterocycles. The van der Waals surface area contributed by atoms with E-state index < -0.39 is 0 Å². The Morgan fingerprint density at radius 3 is 2.57 bits per heavy atom. The Balaban J connectivity index is 2.26. The van der Waals surface area contributed by atoms with Gasteiger partial charge in [-0.1, -0.05) is 43.5 Å². The predicted molar refractivity (Wildman–Crippen MR) is 90.0 cm³/mol. The zero-order valence-electron chi connectivity index (χ0n) is 13.6. The first-order valence-electron chi connectivity index (χ1n) is 7.64. The molecule has 0 saturated heterocycles. The molecule has 1 heterocycles. The molecule has 0 aliphatic rings. The van der Waals surface area contributed by atoms with Crippen LogP contribution in [0.1, 0.15) is 60.0 Å². The highest BCUT2D eigenvalue weighted by Crippen LogP contribution is 2.29. The topological polar surface area (TPSA) is 37.8 Å². The summed E-state index contributed by atoms with van der Waals surface area (Å²) in [5.41, 5.74) is 5.21. The second-order valence-electron chi connectivity index (χ2n) is 5.91. The van der Waals surface area contributed by atoms with E-state index in [4.69, 9.17) is 0 Å². The van der Waals surface area contributed by atoms with Gasteiger partial charge >= 0.3 is 0 Å². The second-order valence-corrected chi connectivity index (χ2v) is 6.70. The molecule has 114 valence electrons. The summed E-state index contributed by atoms with van der Waals surface area (Å²) in [5, 5.41) is 7.91. The number of nitrogens with zero attached hydrogens (tertiary/aromatic N) is 2. The van der Waals surface area contributed by atoms with E-state index >= 15 is 0 Å². The normalized spacial score (nSPS) is 12.9. The van der Waals surface area contributed by atoms with Crippen LogP contribution in [0, 0.1) is 13.8 Å². The fourth-order valence-electron chi connectivity index (χ4n) is 2.52. The van der Waals surface area contributed by atoms with Crippen molar-refractivity contribution in [3.05, 3.63) is 45.5 Å². The molecular formula is C17H25N3S. The van der Waals surface area contributed by atoms with Crippen LogP contribution in [-0.2, 0) is 6.42 Å². The maximum atomic E-state index is 4.32. The second kappa shape index (κ2) is 7.14. The van der Waals surface area contributed by atoms with Crippen LogP contribution in [0.5, 0.6) is 0 Å². The molecule has 0 saturated carbocycles. The molecule has 0 fully saturated rings. The van der Waals surface area contributed by atoms with Gasteiger partial charge in [0.1, 0.15) is 0 Å². The van der Waals surface area contributed by atoms with E-state index in [2.05, 4.69) is 67.7 Å². The Kier molecular flexibility index (Phi) is 5.48. The molecule has 2 rings (SSSR count). The molecule has 3 nitrogen and oxygen atoms in total. The van der Waals surface area contributed by atoms with Gasteiger partial charge in [0, 0.05) is 6.04 Å². The molecule has 0 spiro atoms. The summed E-state index contributed by atoms with van der Waals surface area (Å²) >= 11 is 1.53. The highest BCUT2D eigenvalue weighted by Gasteiger charge is 2.21. The minimum atomic E-state index is 0.300. The molecule has 1 aromatic carbocycles. The number of aryl methyl sites for hydroxylation is 2. The van der Waals surface area contributed by atoms with Crippen molar-refractivity contribution in [3.63, 3.8) is 0 Å². The average Bonchev–Trinajstić information content (AvgIpc) is 2.92. The number of benzene rings is 1. The number of hydrogen-bond acceptors (Lipinski definition) is 4. The molecule has 1 aromatic heterocycles. The zero-order chi connectivity index (χ0) is 15.4. The molecule has 4 heteroatoms. The van der Waals surface area contributed by atoms with Gasteiger partial charge in [0.15, 0.2) is 0 Å². The van der Waals surface area contributed by atoms with Gasteiger partial charge in [-0.2, -0.15) is 0 Å². The van der Waals surface area contributed by atoms with Crippen LogP contribution < -0.4 is 5.32 Å². The third-order valence-corrected chi connectivity index (χ3v) is 4.72. The van der Waals surface area contributed by atoms with Crippen molar-refractivity contribution in [2.45, 2.75) is 53.0 Å². The van der Waals surface area contributed by atoms with Crippen molar-refractivity contribution >= 4 is 11.5 Å². The maximum Gasteiger partial charge on any atom is 0.0829 e. The lowest BCUT2D eigenvalue weighted by Gasteiger charge is -2.18.